The van der Waals surface area contributed by atoms with Crippen LogP contribution in [0.5, 0.6) is 0 Å². The molecule has 2 aromatic rings. The Bertz CT molecular complexity index is 582. The lowest BCUT2D eigenvalue weighted by Crippen LogP contribution is -2.24. The van der Waals surface area contributed by atoms with Crippen LogP contribution in [-0.2, 0) is 20.0 Å². The molecular weight excluding hydrogens is 254 g/mol. The summed E-state index contributed by atoms with van der Waals surface area (Å²) >= 11 is 1.90. The van der Waals surface area contributed by atoms with Crippen molar-refractivity contribution in [2.75, 3.05) is 0 Å². The number of rotatable bonds is 3. The molecule has 1 atom stereocenters. The Hall–Kier alpha value is -1.13. The molecule has 4 heteroatoms. The van der Waals surface area contributed by atoms with E-state index in [0.717, 1.165) is 12.2 Å². The third-order valence-corrected chi connectivity index (χ3v) is 5.23. The molecule has 0 aliphatic heterocycles. The third kappa shape index (κ3) is 2.35. The Kier molecular flexibility index (Phi) is 3.46. The lowest BCUT2D eigenvalue weighted by Gasteiger charge is -2.24. The standard InChI is InChI=1S/C15H21N3S/c1-10-13(11(2)18(3)17-10)9-16-14-5-4-6-15-12(14)7-8-19-15/h7-8,14,16H,4-6,9H2,1-3H3. The number of nitrogens with zero attached hydrogens (tertiary/aromatic N) is 2. The van der Waals surface area contributed by atoms with Gasteiger partial charge in [0.15, 0.2) is 0 Å². The maximum Gasteiger partial charge on any atom is 0.0641 e. The average molecular weight is 275 g/mol. The Balaban J connectivity index is 1.74. The fraction of sp³-hybridized carbons (Fsp3) is 0.533. The van der Waals surface area contributed by atoms with E-state index in [4.69, 9.17) is 0 Å². The molecule has 2 aromatic heterocycles. The summed E-state index contributed by atoms with van der Waals surface area (Å²) in [7, 11) is 2.02. The van der Waals surface area contributed by atoms with Crippen molar-refractivity contribution in [3.8, 4) is 0 Å². The van der Waals surface area contributed by atoms with Gasteiger partial charge in [0.05, 0.1) is 5.69 Å². The Morgan fingerprint density at radius 2 is 2.32 bits per heavy atom. The lowest BCUT2D eigenvalue weighted by molar-refractivity contribution is 0.462. The highest BCUT2D eigenvalue weighted by Crippen LogP contribution is 2.33. The van der Waals surface area contributed by atoms with Crippen LogP contribution in [0.1, 0.15) is 46.3 Å². The van der Waals surface area contributed by atoms with Crippen LogP contribution < -0.4 is 5.32 Å². The van der Waals surface area contributed by atoms with Gasteiger partial charge < -0.3 is 5.32 Å². The van der Waals surface area contributed by atoms with Crippen molar-refractivity contribution < 1.29 is 0 Å². The summed E-state index contributed by atoms with van der Waals surface area (Å²) in [6, 6.07) is 2.81. The SMILES string of the molecule is Cc1nn(C)c(C)c1CNC1CCCc2sccc21. The minimum Gasteiger partial charge on any atom is -0.306 e. The average Bonchev–Trinajstić information content (AvgIpc) is 2.95. The van der Waals surface area contributed by atoms with Crippen LogP contribution >= 0.6 is 11.3 Å². The summed E-state index contributed by atoms with van der Waals surface area (Å²) < 4.78 is 1.98. The molecule has 0 radical (unpaired) electrons. The molecule has 1 aliphatic carbocycles. The zero-order valence-corrected chi connectivity index (χ0v) is 12.7. The van der Waals surface area contributed by atoms with Crippen molar-refractivity contribution in [2.24, 2.45) is 7.05 Å². The van der Waals surface area contributed by atoms with Gasteiger partial charge in [-0.25, -0.2) is 0 Å². The van der Waals surface area contributed by atoms with Crippen LogP contribution in [0.15, 0.2) is 11.4 Å². The van der Waals surface area contributed by atoms with Gasteiger partial charge in [0.2, 0.25) is 0 Å². The Morgan fingerprint density at radius 3 is 3.05 bits per heavy atom. The van der Waals surface area contributed by atoms with E-state index >= 15 is 0 Å². The van der Waals surface area contributed by atoms with E-state index in [9.17, 15) is 0 Å². The minimum atomic E-state index is 0.522. The molecule has 0 saturated carbocycles. The van der Waals surface area contributed by atoms with Gasteiger partial charge >= 0.3 is 0 Å². The Labute approximate surface area is 118 Å². The van der Waals surface area contributed by atoms with Crippen LogP contribution in [0.25, 0.3) is 0 Å². The molecule has 3 nitrogen and oxygen atoms in total. The molecule has 1 aliphatic rings. The van der Waals surface area contributed by atoms with Gasteiger partial charge in [-0.2, -0.15) is 5.10 Å². The van der Waals surface area contributed by atoms with E-state index in [-0.39, 0.29) is 0 Å². The molecular formula is C15H21N3S. The second kappa shape index (κ2) is 5.10. The number of aromatic nitrogens is 2. The van der Waals surface area contributed by atoms with Crippen molar-refractivity contribution >= 4 is 11.3 Å². The van der Waals surface area contributed by atoms with Gasteiger partial charge in [0, 0.05) is 35.8 Å². The maximum absolute atomic E-state index is 4.49. The molecule has 102 valence electrons. The monoisotopic (exact) mass is 275 g/mol. The van der Waals surface area contributed by atoms with Gasteiger partial charge in [-0.1, -0.05) is 0 Å². The van der Waals surface area contributed by atoms with Crippen LogP contribution in [-0.4, -0.2) is 9.78 Å². The second-order valence-electron chi connectivity index (χ2n) is 5.40. The summed E-state index contributed by atoms with van der Waals surface area (Å²) in [6.07, 6.45) is 3.81. The lowest BCUT2D eigenvalue weighted by atomic mass is 9.94. The van der Waals surface area contributed by atoms with Crippen molar-refractivity contribution in [3.63, 3.8) is 0 Å². The maximum atomic E-state index is 4.49. The van der Waals surface area contributed by atoms with E-state index < -0.39 is 0 Å². The van der Waals surface area contributed by atoms with Gasteiger partial charge in [-0.15, -0.1) is 11.3 Å². The van der Waals surface area contributed by atoms with E-state index in [0.29, 0.717) is 6.04 Å². The van der Waals surface area contributed by atoms with Crippen LogP contribution in [0.4, 0.5) is 0 Å². The molecule has 0 spiro atoms. The van der Waals surface area contributed by atoms with Crippen molar-refractivity contribution in [1.29, 1.82) is 0 Å². The van der Waals surface area contributed by atoms with Gasteiger partial charge in [0.25, 0.3) is 0 Å². The first kappa shape index (κ1) is 12.9. The summed E-state index contributed by atoms with van der Waals surface area (Å²) in [4.78, 5) is 1.57. The fourth-order valence-electron chi connectivity index (χ4n) is 3.00. The second-order valence-corrected chi connectivity index (χ2v) is 6.40. The summed E-state index contributed by atoms with van der Waals surface area (Å²) in [5.74, 6) is 0. The molecule has 3 rings (SSSR count). The molecule has 0 saturated heterocycles. The van der Waals surface area contributed by atoms with Crippen LogP contribution in [0.3, 0.4) is 0 Å². The fourth-order valence-corrected chi connectivity index (χ4v) is 3.98. The topological polar surface area (TPSA) is 29.9 Å². The highest BCUT2D eigenvalue weighted by Gasteiger charge is 2.21. The predicted octanol–water partition coefficient (Wildman–Crippen LogP) is 3.27. The predicted molar refractivity (Wildman–Crippen MR) is 79.5 cm³/mol. The Morgan fingerprint density at radius 1 is 1.47 bits per heavy atom. The van der Waals surface area contributed by atoms with Gasteiger partial charge in [-0.05, 0) is 50.1 Å². The minimum absolute atomic E-state index is 0.522. The van der Waals surface area contributed by atoms with E-state index in [1.54, 1.807) is 4.88 Å². The highest BCUT2D eigenvalue weighted by molar-refractivity contribution is 7.10. The largest absolute Gasteiger partial charge is 0.306 e. The quantitative estimate of drug-likeness (QED) is 0.931. The van der Waals surface area contributed by atoms with E-state index in [2.05, 4.69) is 35.7 Å². The van der Waals surface area contributed by atoms with Crippen LogP contribution in [0.2, 0.25) is 0 Å². The van der Waals surface area contributed by atoms with E-state index in [1.807, 2.05) is 23.1 Å². The summed E-state index contributed by atoms with van der Waals surface area (Å²) in [6.45, 7) is 5.17. The summed E-state index contributed by atoms with van der Waals surface area (Å²) in [5, 5.41) is 10.4. The molecule has 19 heavy (non-hydrogen) atoms. The first-order valence-electron chi connectivity index (χ1n) is 6.95. The molecule has 0 aromatic carbocycles. The molecule has 1 N–H and O–H groups in total. The first-order valence-corrected chi connectivity index (χ1v) is 7.83. The van der Waals surface area contributed by atoms with Crippen molar-refractivity contribution in [2.45, 2.75) is 45.7 Å². The number of fused-ring (bicyclic) bond motifs is 1. The number of nitrogens with one attached hydrogen (secondary N) is 1. The van der Waals surface area contributed by atoms with Crippen molar-refractivity contribution in [1.82, 2.24) is 15.1 Å². The number of hydrogen-bond acceptors (Lipinski definition) is 3. The van der Waals surface area contributed by atoms with Gasteiger partial charge in [0.1, 0.15) is 0 Å². The normalized spacial score (nSPS) is 18.6. The van der Waals surface area contributed by atoms with Crippen molar-refractivity contribution in [3.05, 3.63) is 38.8 Å². The molecule has 1 unspecified atom stereocenters. The van der Waals surface area contributed by atoms with Crippen LogP contribution in [0, 0.1) is 13.8 Å². The smallest absolute Gasteiger partial charge is 0.0641 e. The number of aryl methyl sites for hydroxylation is 3. The first-order chi connectivity index (χ1) is 9.16. The van der Waals surface area contributed by atoms with E-state index in [1.165, 1.54) is 36.1 Å². The van der Waals surface area contributed by atoms with Gasteiger partial charge in [-0.3, -0.25) is 4.68 Å². The summed E-state index contributed by atoms with van der Waals surface area (Å²) in [5.41, 5.74) is 5.29. The zero-order valence-electron chi connectivity index (χ0n) is 11.9. The molecule has 2 heterocycles. The molecule has 0 bridgehead atoms. The molecule has 0 fully saturated rings. The number of thiophene rings is 1. The number of hydrogen-bond donors (Lipinski definition) is 1. The third-order valence-electron chi connectivity index (χ3n) is 4.24. The highest BCUT2D eigenvalue weighted by atomic mass is 32.1. The molecule has 0 amide bonds. The zero-order chi connectivity index (χ0) is 13.4.